The fourth-order valence-electron chi connectivity index (χ4n) is 2.83. The quantitative estimate of drug-likeness (QED) is 0.710. The van der Waals surface area contributed by atoms with E-state index in [9.17, 15) is 9.18 Å². The SMILES string of the molecule is COC(=O)c1cc(F)cc2[nH]c(-c3cc4c(o3)CNCC4)nc12. The minimum atomic E-state index is -0.629. The molecule has 3 heterocycles. The van der Waals surface area contributed by atoms with Crippen LogP contribution in [0.4, 0.5) is 4.39 Å². The maximum absolute atomic E-state index is 13.7. The first-order valence-electron chi connectivity index (χ1n) is 7.26. The number of nitrogens with zero attached hydrogens (tertiary/aromatic N) is 1. The smallest absolute Gasteiger partial charge is 0.340 e. The van der Waals surface area contributed by atoms with Crippen LogP contribution in [-0.2, 0) is 17.7 Å². The molecule has 0 fully saturated rings. The lowest BCUT2D eigenvalue weighted by atomic mass is 10.1. The molecule has 0 aliphatic carbocycles. The van der Waals surface area contributed by atoms with Gasteiger partial charge in [0.2, 0.25) is 0 Å². The van der Waals surface area contributed by atoms with Gasteiger partial charge in [-0.15, -0.1) is 0 Å². The number of halogens is 1. The van der Waals surface area contributed by atoms with Gasteiger partial charge < -0.3 is 19.5 Å². The molecule has 23 heavy (non-hydrogen) atoms. The number of carbonyl (C=O) groups is 1. The number of hydrogen-bond acceptors (Lipinski definition) is 5. The van der Waals surface area contributed by atoms with Crippen LogP contribution in [0, 0.1) is 5.82 Å². The van der Waals surface area contributed by atoms with Gasteiger partial charge in [0.15, 0.2) is 11.6 Å². The van der Waals surface area contributed by atoms with Gasteiger partial charge in [-0.1, -0.05) is 0 Å². The minimum absolute atomic E-state index is 0.0861. The van der Waals surface area contributed by atoms with Crippen molar-refractivity contribution in [3.8, 4) is 11.6 Å². The summed E-state index contributed by atoms with van der Waals surface area (Å²) in [6, 6.07) is 4.35. The van der Waals surface area contributed by atoms with E-state index in [-0.39, 0.29) is 5.56 Å². The van der Waals surface area contributed by atoms with Gasteiger partial charge in [-0.25, -0.2) is 14.2 Å². The Kier molecular flexibility index (Phi) is 3.16. The maximum Gasteiger partial charge on any atom is 0.340 e. The highest BCUT2D eigenvalue weighted by Crippen LogP contribution is 2.29. The Morgan fingerprint density at radius 2 is 2.26 bits per heavy atom. The lowest BCUT2D eigenvalue weighted by Gasteiger charge is -2.09. The second-order valence-electron chi connectivity index (χ2n) is 5.41. The number of fused-ring (bicyclic) bond motifs is 2. The molecule has 3 aromatic rings. The molecule has 0 saturated heterocycles. The topological polar surface area (TPSA) is 80.2 Å². The van der Waals surface area contributed by atoms with E-state index >= 15 is 0 Å². The molecule has 2 aromatic heterocycles. The van der Waals surface area contributed by atoms with Gasteiger partial charge in [-0.3, -0.25) is 0 Å². The molecule has 0 saturated carbocycles. The predicted octanol–water partition coefficient (Wildman–Crippen LogP) is 2.39. The van der Waals surface area contributed by atoms with Crippen molar-refractivity contribution in [2.75, 3.05) is 13.7 Å². The molecule has 0 bridgehead atoms. The van der Waals surface area contributed by atoms with E-state index in [4.69, 9.17) is 4.42 Å². The summed E-state index contributed by atoms with van der Waals surface area (Å²) in [4.78, 5) is 19.2. The average molecular weight is 315 g/mol. The molecule has 6 nitrogen and oxygen atoms in total. The number of nitrogens with one attached hydrogen (secondary N) is 2. The normalized spacial score (nSPS) is 14.0. The summed E-state index contributed by atoms with van der Waals surface area (Å²) < 4.78 is 24.2. The van der Waals surface area contributed by atoms with Crippen LogP contribution in [0.5, 0.6) is 0 Å². The molecule has 0 atom stereocenters. The zero-order valence-corrected chi connectivity index (χ0v) is 12.4. The molecular formula is C16H14FN3O3. The third-order valence-corrected chi connectivity index (χ3v) is 3.94. The first kappa shape index (κ1) is 14.0. The molecule has 1 aliphatic rings. The molecule has 2 N–H and O–H groups in total. The van der Waals surface area contributed by atoms with Crippen LogP contribution in [0.1, 0.15) is 21.7 Å². The number of ether oxygens (including phenoxy) is 1. The molecule has 1 aromatic carbocycles. The third kappa shape index (κ3) is 2.29. The lowest BCUT2D eigenvalue weighted by Crippen LogP contribution is -2.22. The number of methoxy groups -OCH3 is 1. The first-order valence-corrected chi connectivity index (χ1v) is 7.26. The number of benzene rings is 1. The first-order chi connectivity index (χ1) is 11.2. The fraction of sp³-hybridized carbons (Fsp3) is 0.250. The summed E-state index contributed by atoms with van der Waals surface area (Å²) in [5.41, 5.74) is 2.01. The van der Waals surface area contributed by atoms with Gasteiger partial charge in [0.05, 0.1) is 24.7 Å². The van der Waals surface area contributed by atoms with Crippen molar-refractivity contribution < 1.29 is 18.3 Å². The molecule has 0 amide bonds. The monoisotopic (exact) mass is 315 g/mol. The number of hydrogen-bond donors (Lipinski definition) is 2. The van der Waals surface area contributed by atoms with Crippen molar-refractivity contribution in [2.45, 2.75) is 13.0 Å². The van der Waals surface area contributed by atoms with E-state index in [1.807, 2.05) is 6.07 Å². The van der Waals surface area contributed by atoms with Crippen molar-refractivity contribution in [3.05, 3.63) is 40.9 Å². The van der Waals surface area contributed by atoms with E-state index in [2.05, 4.69) is 20.0 Å². The van der Waals surface area contributed by atoms with Gasteiger partial charge in [-0.05, 0) is 36.7 Å². The summed E-state index contributed by atoms with van der Waals surface area (Å²) in [6.45, 7) is 1.58. The zero-order chi connectivity index (χ0) is 16.0. The van der Waals surface area contributed by atoms with Gasteiger partial charge in [0, 0.05) is 0 Å². The van der Waals surface area contributed by atoms with Gasteiger partial charge in [0.25, 0.3) is 0 Å². The number of aromatic nitrogens is 2. The Bertz CT molecular complexity index is 889. The lowest BCUT2D eigenvalue weighted by molar-refractivity contribution is 0.0602. The summed E-state index contributed by atoms with van der Waals surface area (Å²) in [5.74, 6) is 0.758. The van der Waals surface area contributed by atoms with Crippen molar-refractivity contribution in [2.24, 2.45) is 0 Å². The summed E-state index contributed by atoms with van der Waals surface area (Å²) in [6.07, 6.45) is 0.890. The average Bonchev–Trinajstić information content (AvgIpc) is 3.16. The van der Waals surface area contributed by atoms with E-state index < -0.39 is 11.8 Å². The third-order valence-electron chi connectivity index (χ3n) is 3.94. The number of furan rings is 1. The van der Waals surface area contributed by atoms with Crippen LogP contribution in [-0.4, -0.2) is 29.6 Å². The van der Waals surface area contributed by atoms with E-state index in [1.165, 1.54) is 13.2 Å². The maximum atomic E-state index is 13.7. The van der Waals surface area contributed by atoms with Crippen LogP contribution < -0.4 is 5.32 Å². The molecule has 1 aliphatic heterocycles. The van der Waals surface area contributed by atoms with Crippen molar-refractivity contribution in [3.63, 3.8) is 0 Å². The highest BCUT2D eigenvalue weighted by atomic mass is 19.1. The number of rotatable bonds is 2. The fourth-order valence-corrected chi connectivity index (χ4v) is 2.83. The molecule has 7 heteroatoms. The molecule has 0 radical (unpaired) electrons. The standard InChI is InChI=1S/C16H14FN3O3/c1-22-16(21)10-5-9(17)6-11-14(10)20-15(19-11)12-4-8-2-3-18-7-13(8)23-12/h4-6,18H,2-3,7H2,1H3,(H,19,20). The highest BCUT2D eigenvalue weighted by Gasteiger charge is 2.20. The van der Waals surface area contributed by atoms with Gasteiger partial charge in [-0.2, -0.15) is 0 Å². The largest absolute Gasteiger partial charge is 0.465 e. The van der Waals surface area contributed by atoms with Crippen molar-refractivity contribution in [1.82, 2.24) is 15.3 Å². The highest BCUT2D eigenvalue weighted by molar-refractivity contribution is 6.02. The Hall–Kier alpha value is -2.67. The second-order valence-corrected chi connectivity index (χ2v) is 5.41. The van der Waals surface area contributed by atoms with Gasteiger partial charge >= 0.3 is 5.97 Å². The molecule has 0 unspecified atom stereocenters. The number of aromatic amines is 1. The zero-order valence-electron chi connectivity index (χ0n) is 12.4. The Morgan fingerprint density at radius 3 is 3.04 bits per heavy atom. The molecule has 4 rings (SSSR count). The predicted molar refractivity (Wildman–Crippen MR) is 80.5 cm³/mol. The molecular weight excluding hydrogens is 301 g/mol. The summed E-state index contributed by atoms with van der Waals surface area (Å²) >= 11 is 0. The molecule has 118 valence electrons. The van der Waals surface area contributed by atoms with E-state index in [1.54, 1.807) is 0 Å². The summed E-state index contributed by atoms with van der Waals surface area (Å²) in [7, 11) is 1.25. The summed E-state index contributed by atoms with van der Waals surface area (Å²) in [5, 5.41) is 3.24. The van der Waals surface area contributed by atoms with E-state index in [0.717, 1.165) is 30.4 Å². The van der Waals surface area contributed by atoms with Crippen LogP contribution in [0.3, 0.4) is 0 Å². The van der Waals surface area contributed by atoms with E-state index in [0.29, 0.717) is 29.2 Å². The molecule has 0 spiro atoms. The Morgan fingerprint density at radius 1 is 1.39 bits per heavy atom. The minimum Gasteiger partial charge on any atom is -0.465 e. The Balaban J connectivity index is 1.85. The van der Waals surface area contributed by atoms with Crippen molar-refractivity contribution in [1.29, 1.82) is 0 Å². The number of imidazole rings is 1. The van der Waals surface area contributed by atoms with Crippen LogP contribution >= 0.6 is 0 Å². The van der Waals surface area contributed by atoms with Gasteiger partial charge in [0.1, 0.15) is 17.1 Å². The van der Waals surface area contributed by atoms with Crippen molar-refractivity contribution >= 4 is 17.0 Å². The number of H-pyrrole nitrogens is 1. The van der Waals surface area contributed by atoms with Crippen LogP contribution in [0.25, 0.3) is 22.6 Å². The van der Waals surface area contributed by atoms with Crippen LogP contribution in [0.2, 0.25) is 0 Å². The second kappa shape index (κ2) is 5.20. The number of carbonyl (C=O) groups excluding carboxylic acids is 1. The van der Waals surface area contributed by atoms with Crippen LogP contribution in [0.15, 0.2) is 22.6 Å². The number of esters is 1. The Labute approximate surface area is 130 Å².